The highest BCUT2D eigenvalue weighted by molar-refractivity contribution is 7.81. The zero-order valence-corrected chi connectivity index (χ0v) is 13.3. The Kier molecular flexibility index (Phi) is 3.77. The Labute approximate surface area is 134 Å². The number of aryl methyl sites for hydroxylation is 1. The number of aromatic nitrogens is 1. The lowest BCUT2D eigenvalue weighted by Crippen LogP contribution is -2.30. The molecule has 0 spiro atoms. The Balaban J connectivity index is 2.08. The number of benzene rings is 2. The number of hydrogen-bond acceptors (Lipinski definition) is 2. The third kappa shape index (κ3) is 2.53. The molecule has 4 heteroatoms. The van der Waals surface area contributed by atoms with E-state index in [1.165, 1.54) is 0 Å². The van der Waals surface area contributed by atoms with E-state index in [4.69, 9.17) is 12.2 Å². The number of hydrogen-bond donors (Lipinski definition) is 1. The fraction of sp³-hybridized carbons (Fsp3) is 0.111. The number of fused-ring (bicyclic) bond motifs is 1. The van der Waals surface area contributed by atoms with Crippen LogP contribution in [0.1, 0.15) is 11.1 Å². The topological polar surface area (TPSA) is 36.1 Å². The van der Waals surface area contributed by atoms with E-state index in [0.717, 1.165) is 16.8 Å². The fourth-order valence-electron chi connectivity index (χ4n) is 2.44. The first-order valence-corrected chi connectivity index (χ1v) is 7.44. The van der Waals surface area contributed by atoms with Gasteiger partial charge in [-0.2, -0.15) is 0 Å². The SMILES string of the molecule is Cc1ccc2[nH]cc(C(=S)N(C)c3ccccc3)c(=O)c2c1. The van der Waals surface area contributed by atoms with E-state index < -0.39 is 0 Å². The zero-order valence-electron chi connectivity index (χ0n) is 12.5. The number of H-pyrrole nitrogens is 1. The summed E-state index contributed by atoms with van der Waals surface area (Å²) in [5, 5.41) is 0.668. The summed E-state index contributed by atoms with van der Waals surface area (Å²) in [5.74, 6) is 0. The van der Waals surface area contributed by atoms with Crippen LogP contribution in [0, 0.1) is 6.92 Å². The predicted molar refractivity (Wildman–Crippen MR) is 95.9 cm³/mol. The molecule has 0 amide bonds. The molecule has 0 saturated heterocycles. The second-order valence-corrected chi connectivity index (χ2v) is 5.67. The van der Waals surface area contributed by atoms with Gasteiger partial charge in [-0.15, -0.1) is 0 Å². The third-order valence-corrected chi connectivity index (χ3v) is 4.21. The average molecular weight is 308 g/mol. The molecule has 0 aliphatic rings. The first-order valence-electron chi connectivity index (χ1n) is 7.03. The van der Waals surface area contributed by atoms with Gasteiger partial charge < -0.3 is 9.88 Å². The summed E-state index contributed by atoms with van der Waals surface area (Å²) in [7, 11) is 1.87. The van der Waals surface area contributed by atoms with Crippen LogP contribution in [0.2, 0.25) is 0 Å². The summed E-state index contributed by atoms with van der Waals surface area (Å²) in [4.78, 5) is 18.2. The molecule has 0 bridgehead atoms. The van der Waals surface area contributed by atoms with E-state index in [9.17, 15) is 4.79 Å². The molecule has 0 atom stereocenters. The van der Waals surface area contributed by atoms with Crippen molar-refractivity contribution in [3.63, 3.8) is 0 Å². The van der Waals surface area contributed by atoms with Gasteiger partial charge in [-0.25, -0.2) is 0 Å². The van der Waals surface area contributed by atoms with E-state index >= 15 is 0 Å². The van der Waals surface area contributed by atoms with E-state index in [1.54, 1.807) is 6.20 Å². The molecule has 0 saturated carbocycles. The van der Waals surface area contributed by atoms with Crippen LogP contribution in [0.15, 0.2) is 59.5 Å². The Morgan fingerprint density at radius 2 is 1.86 bits per heavy atom. The van der Waals surface area contributed by atoms with Gasteiger partial charge in [0, 0.05) is 29.8 Å². The molecule has 2 aromatic carbocycles. The maximum Gasteiger partial charge on any atom is 0.199 e. The van der Waals surface area contributed by atoms with E-state index in [-0.39, 0.29) is 5.43 Å². The standard InChI is InChI=1S/C18H16N2OS/c1-12-8-9-16-14(10-12)17(21)15(11-19-16)18(22)20(2)13-6-4-3-5-7-13/h3-11H,1-2H3,(H,19,21). The summed E-state index contributed by atoms with van der Waals surface area (Å²) >= 11 is 5.51. The van der Waals surface area contributed by atoms with Crippen LogP contribution in [0.4, 0.5) is 5.69 Å². The van der Waals surface area contributed by atoms with E-state index in [0.29, 0.717) is 15.9 Å². The van der Waals surface area contributed by atoms with Crippen molar-refractivity contribution in [3.05, 3.63) is 76.1 Å². The highest BCUT2D eigenvalue weighted by Gasteiger charge is 2.14. The van der Waals surface area contributed by atoms with Gasteiger partial charge in [0.2, 0.25) is 0 Å². The fourth-order valence-corrected chi connectivity index (χ4v) is 2.70. The number of aromatic amines is 1. The molecule has 1 aromatic heterocycles. The molecular formula is C18H16N2OS. The highest BCUT2D eigenvalue weighted by Crippen LogP contribution is 2.16. The van der Waals surface area contributed by atoms with Gasteiger partial charge in [0.1, 0.15) is 4.99 Å². The number of thiocarbonyl (C=S) groups is 1. The van der Waals surface area contributed by atoms with Gasteiger partial charge in [-0.3, -0.25) is 4.79 Å². The number of para-hydroxylation sites is 1. The van der Waals surface area contributed by atoms with Crippen LogP contribution in [-0.2, 0) is 0 Å². The quantitative estimate of drug-likeness (QED) is 0.734. The minimum Gasteiger partial charge on any atom is -0.360 e. The molecule has 22 heavy (non-hydrogen) atoms. The average Bonchev–Trinajstić information content (AvgIpc) is 2.55. The van der Waals surface area contributed by atoms with Crippen molar-refractivity contribution in [1.29, 1.82) is 0 Å². The molecule has 1 heterocycles. The van der Waals surface area contributed by atoms with Gasteiger partial charge in [0.05, 0.1) is 5.56 Å². The first-order chi connectivity index (χ1) is 10.6. The minimum atomic E-state index is -0.0368. The largest absolute Gasteiger partial charge is 0.360 e. The van der Waals surface area contributed by atoms with Crippen LogP contribution < -0.4 is 10.3 Å². The maximum atomic E-state index is 12.7. The van der Waals surface area contributed by atoms with Gasteiger partial charge >= 0.3 is 0 Å². The van der Waals surface area contributed by atoms with Crippen molar-refractivity contribution in [2.45, 2.75) is 6.92 Å². The summed E-state index contributed by atoms with van der Waals surface area (Å²) in [6, 6.07) is 15.6. The van der Waals surface area contributed by atoms with Gasteiger partial charge in [-0.05, 0) is 31.2 Å². The van der Waals surface area contributed by atoms with Gasteiger partial charge in [0.25, 0.3) is 0 Å². The second-order valence-electron chi connectivity index (χ2n) is 5.28. The Morgan fingerprint density at radius 3 is 2.59 bits per heavy atom. The number of anilines is 1. The molecule has 1 N–H and O–H groups in total. The Hall–Kier alpha value is -2.46. The second kappa shape index (κ2) is 5.73. The maximum absolute atomic E-state index is 12.7. The summed E-state index contributed by atoms with van der Waals surface area (Å²) < 4.78 is 0. The molecule has 3 aromatic rings. The predicted octanol–water partition coefficient (Wildman–Crippen LogP) is 3.65. The number of nitrogens with one attached hydrogen (secondary N) is 1. The smallest absolute Gasteiger partial charge is 0.199 e. The molecular weight excluding hydrogens is 292 g/mol. The highest BCUT2D eigenvalue weighted by atomic mass is 32.1. The Morgan fingerprint density at radius 1 is 1.14 bits per heavy atom. The van der Waals surface area contributed by atoms with Crippen molar-refractivity contribution in [2.75, 3.05) is 11.9 Å². The minimum absolute atomic E-state index is 0.0368. The van der Waals surface area contributed by atoms with Crippen LogP contribution in [0.25, 0.3) is 10.9 Å². The number of pyridine rings is 1. The monoisotopic (exact) mass is 308 g/mol. The van der Waals surface area contributed by atoms with Gasteiger partial charge in [0.15, 0.2) is 5.43 Å². The van der Waals surface area contributed by atoms with Gasteiger partial charge in [-0.1, -0.05) is 42.0 Å². The van der Waals surface area contributed by atoms with Crippen LogP contribution in [0.5, 0.6) is 0 Å². The number of nitrogens with zero attached hydrogens (tertiary/aromatic N) is 1. The van der Waals surface area contributed by atoms with Crippen molar-refractivity contribution >= 4 is 33.8 Å². The lowest BCUT2D eigenvalue weighted by Gasteiger charge is -2.20. The van der Waals surface area contributed by atoms with Crippen molar-refractivity contribution in [2.24, 2.45) is 0 Å². The normalized spacial score (nSPS) is 10.6. The molecule has 0 fully saturated rings. The van der Waals surface area contributed by atoms with Crippen LogP contribution in [0.3, 0.4) is 0 Å². The molecule has 0 aliphatic carbocycles. The van der Waals surface area contributed by atoms with Crippen molar-refractivity contribution < 1.29 is 0 Å². The van der Waals surface area contributed by atoms with Crippen molar-refractivity contribution in [3.8, 4) is 0 Å². The molecule has 3 rings (SSSR count). The summed E-state index contributed by atoms with van der Waals surface area (Å²) in [5.41, 5.74) is 3.31. The number of rotatable bonds is 2. The molecule has 0 unspecified atom stereocenters. The van der Waals surface area contributed by atoms with Crippen LogP contribution in [-0.4, -0.2) is 17.0 Å². The summed E-state index contributed by atoms with van der Waals surface area (Å²) in [6.45, 7) is 1.97. The third-order valence-electron chi connectivity index (χ3n) is 3.71. The van der Waals surface area contributed by atoms with Crippen molar-refractivity contribution in [1.82, 2.24) is 4.98 Å². The zero-order chi connectivity index (χ0) is 15.7. The lowest BCUT2D eigenvalue weighted by molar-refractivity contribution is 1.27. The molecule has 0 aliphatic heterocycles. The lowest BCUT2D eigenvalue weighted by atomic mass is 10.1. The van der Waals surface area contributed by atoms with E-state index in [2.05, 4.69) is 4.98 Å². The van der Waals surface area contributed by atoms with Crippen LogP contribution >= 0.6 is 12.2 Å². The molecule has 3 nitrogen and oxygen atoms in total. The first kappa shape index (κ1) is 14.5. The summed E-state index contributed by atoms with van der Waals surface area (Å²) in [6.07, 6.45) is 1.70. The molecule has 0 radical (unpaired) electrons. The molecule has 110 valence electrons. The van der Waals surface area contributed by atoms with E-state index in [1.807, 2.05) is 67.4 Å². The Bertz CT molecular complexity index is 900.